The molecule has 0 unspecified atom stereocenters. The number of nitrogens with zero attached hydrogens (tertiary/aromatic N) is 3. The molecule has 0 aliphatic carbocycles. The van der Waals surface area contributed by atoms with Crippen molar-refractivity contribution in [2.24, 2.45) is 0 Å². The minimum Gasteiger partial charge on any atom is -0.507 e. The van der Waals surface area contributed by atoms with Gasteiger partial charge in [-0.2, -0.15) is 4.68 Å². The first-order chi connectivity index (χ1) is 12.3. The standard InChI is InChI=1S/C20H15N3O2/c24-19(14-8-2-1-3-9-14)15-10-4-5-11-16(15)20(25)23-18-13-7-6-12-17(18)21-22-23/h1-13,24-25H. The number of aromatic nitrogens is 3. The third-order valence-corrected chi connectivity index (χ3v) is 4.02. The van der Waals surface area contributed by atoms with E-state index in [1.165, 1.54) is 4.68 Å². The molecule has 0 atom stereocenters. The van der Waals surface area contributed by atoms with Gasteiger partial charge in [0, 0.05) is 16.0 Å². The molecule has 0 saturated carbocycles. The van der Waals surface area contributed by atoms with Crippen LogP contribution in [0.4, 0.5) is 0 Å². The summed E-state index contributed by atoms with van der Waals surface area (Å²) in [6.07, 6.45) is 0. The summed E-state index contributed by atoms with van der Waals surface area (Å²) in [4.78, 5) is 0. The number of para-hydroxylation sites is 1. The van der Waals surface area contributed by atoms with Gasteiger partial charge in [0.25, 0.3) is 0 Å². The number of hydrogen-bond donors (Lipinski definition) is 2. The molecule has 1 heterocycles. The van der Waals surface area contributed by atoms with Gasteiger partial charge in [0.2, 0.25) is 5.88 Å². The van der Waals surface area contributed by atoms with Gasteiger partial charge in [-0.1, -0.05) is 65.9 Å². The van der Waals surface area contributed by atoms with E-state index in [1.807, 2.05) is 60.7 Å². The topological polar surface area (TPSA) is 71.2 Å². The van der Waals surface area contributed by atoms with E-state index in [1.54, 1.807) is 18.2 Å². The molecule has 4 aromatic rings. The molecule has 2 N–H and O–H groups in total. The van der Waals surface area contributed by atoms with E-state index in [2.05, 4.69) is 10.3 Å². The molecule has 0 aliphatic heterocycles. The highest BCUT2D eigenvalue weighted by Crippen LogP contribution is 2.12. The van der Waals surface area contributed by atoms with Crippen LogP contribution < -0.4 is 10.4 Å². The summed E-state index contributed by atoms with van der Waals surface area (Å²) in [5, 5.41) is 30.6. The maximum atomic E-state index is 10.8. The van der Waals surface area contributed by atoms with Crippen LogP contribution in [-0.4, -0.2) is 25.2 Å². The maximum absolute atomic E-state index is 10.8. The van der Waals surface area contributed by atoms with Gasteiger partial charge in [-0.3, -0.25) is 0 Å². The second kappa shape index (κ2) is 6.13. The molecular weight excluding hydrogens is 314 g/mol. The first-order valence-corrected chi connectivity index (χ1v) is 7.83. The third-order valence-electron chi connectivity index (χ3n) is 4.02. The summed E-state index contributed by atoms with van der Waals surface area (Å²) >= 11 is 0. The Kier molecular flexibility index (Phi) is 3.67. The highest BCUT2D eigenvalue weighted by Gasteiger charge is 2.09. The molecule has 25 heavy (non-hydrogen) atoms. The Morgan fingerprint density at radius 1 is 0.720 bits per heavy atom. The zero-order valence-corrected chi connectivity index (χ0v) is 13.2. The van der Waals surface area contributed by atoms with Crippen LogP contribution in [0.3, 0.4) is 0 Å². The van der Waals surface area contributed by atoms with Gasteiger partial charge in [0.15, 0.2) is 0 Å². The van der Waals surface area contributed by atoms with Crippen molar-refractivity contribution in [3.05, 3.63) is 94.9 Å². The van der Waals surface area contributed by atoms with Crippen LogP contribution in [0.5, 0.6) is 0 Å². The molecule has 5 nitrogen and oxygen atoms in total. The van der Waals surface area contributed by atoms with Crippen LogP contribution in [0.25, 0.3) is 22.7 Å². The highest BCUT2D eigenvalue weighted by atomic mass is 16.3. The van der Waals surface area contributed by atoms with Gasteiger partial charge < -0.3 is 10.2 Å². The van der Waals surface area contributed by atoms with Crippen molar-refractivity contribution in [1.29, 1.82) is 0 Å². The largest absolute Gasteiger partial charge is 0.507 e. The number of aliphatic hydroxyl groups is 2. The Hall–Kier alpha value is -3.60. The Balaban J connectivity index is 2.06. The van der Waals surface area contributed by atoms with E-state index < -0.39 is 0 Å². The molecule has 1 aromatic heterocycles. The van der Waals surface area contributed by atoms with E-state index in [4.69, 9.17) is 0 Å². The quantitative estimate of drug-likeness (QED) is 0.592. The summed E-state index contributed by atoms with van der Waals surface area (Å²) in [7, 11) is 0. The molecular formula is C20H15N3O2. The van der Waals surface area contributed by atoms with E-state index in [0.29, 0.717) is 27.0 Å². The molecule has 5 heteroatoms. The predicted molar refractivity (Wildman–Crippen MR) is 96.2 cm³/mol. The number of aliphatic hydroxyl groups excluding tert-OH is 2. The van der Waals surface area contributed by atoms with Crippen LogP contribution in [-0.2, 0) is 0 Å². The zero-order chi connectivity index (χ0) is 17.2. The Labute approximate surface area is 143 Å². The summed E-state index contributed by atoms with van der Waals surface area (Å²) < 4.78 is 1.37. The molecule has 0 saturated heterocycles. The average molecular weight is 329 g/mol. The summed E-state index contributed by atoms with van der Waals surface area (Å²) in [5.41, 5.74) is 2.04. The smallest absolute Gasteiger partial charge is 0.222 e. The fourth-order valence-electron chi connectivity index (χ4n) is 2.78. The van der Waals surface area contributed by atoms with Crippen LogP contribution in [0.1, 0.15) is 5.56 Å². The van der Waals surface area contributed by atoms with Crippen molar-refractivity contribution in [2.45, 2.75) is 0 Å². The maximum Gasteiger partial charge on any atom is 0.222 e. The van der Waals surface area contributed by atoms with Crippen LogP contribution in [0.2, 0.25) is 0 Å². The minimum absolute atomic E-state index is 0.0900. The molecule has 3 aromatic carbocycles. The lowest BCUT2D eigenvalue weighted by molar-refractivity contribution is 0.452. The molecule has 0 fully saturated rings. The fraction of sp³-hybridized carbons (Fsp3) is 0. The second-order valence-corrected chi connectivity index (χ2v) is 5.57. The Morgan fingerprint density at radius 2 is 1.36 bits per heavy atom. The lowest BCUT2D eigenvalue weighted by Crippen LogP contribution is -2.31. The zero-order valence-electron chi connectivity index (χ0n) is 13.2. The fourth-order valence-corrected chi connectivity index (χ4v) is 2.78. The van der Waals surface area contributed by atoms with Gasteiger partial charge in [-0.15, -0.1) is 5.10 Å². The molecule has 0 aliphatic rings. The number of benzene rings is 3. The van der Waals surface area contributed by atoms with Crippen molar-refractivity contribution in [3.8, 4) is 0 Å². The number of hydrogen-bond acceptors (Lipinski definition) is 4. The summed E-state index contributed by atoms with van der Waals surface area (Å²) in [6.45, 7) is 0. The Morgan fingerprint density at radius 3 is 2.16 bits per heavy atom. The van der Waals surface area contributed by atoms with Gasteiger partial charge in [-0.05, 0) is 18.2 Å². The molecule has 0 spiro atoms. The molecule has 4 rings (SSSR count). The summed E-state index contributed by atoms with van der Waals surface area (Å²) in [5.74, 6) is -0.000970. The van der Waals surface area contributed by atoms with E-state index >= 15 is 0 Å². The number of rotatable bonds is 2. The molecule has 0 radical (unpaired) electrons. The van der Waals surface area contributed by atoms with Crippen molar-refractivity contribution in [2.75, 3.05) is 0 Å². The van der Waals surface area contributed by atoms with E-state index in [9.17, 15) is 10.2 Å². The molecule has 0 amide bonds. The third kappa shape index (κ3) is 2.61. The minimum atomic E-state index is -0.0909. The van der Waals surface area contributed by atoms with Gasteiger partial charge in [0.1, 0.15) is 11.3 Å². The second-order valence-electron chi connectivity index (χ2n) is 5.57. The predicted octanol–water partition coefficient (Wildman–Crippen LogP) is 2.32. The lowest BCUT2D eigenvalue weighted by Gasteiger charge is -2.04. The molecule has 122 valence electrons. The van der Waals surface area contributed by atoms with E-state index in [0.717, 1.165) is 0 Å². The van der Waals surface area contributed by atoms with Crippen molar-refractivity contribution in [3.63, 3.8) is 0 Å². The van der Waals surface area contributed by atoms with Crippen LogP contribution in [0, 0.1) is 0 Å². The van der Waals surface area contributed by atoms with E-state index in [-0.39, 0.29) is 11.6 Å². The normalized spacial score (nSPS) is 13.6. The highest BCUT2D eigenvalue weighted by molar-refractivity contribution is 5.76. The van der Waals surface area contributed by atoms with Gasteiger partial charge >= 0.3 is 0 Å². The number of fused-ring (bicyclic) bond motifs is 1. The lowest BCUT2D eigenvalue weighted by atomic mass is 10.1. The average Bonchev–Trinajstić information content (AvgIpc) is 3.12. The van der Waals surface area contributed by atoms with Crippen LogP contribution >= 0.6 is 0 Å². The first-order valence-electron chi connectivity index (χ1n) is 7.83. The monoisotopic (exact) mass is 329 g/mol. The SMILES string of the molecule is OC(c1ccccc1)=c1ccccc1=C(O)n1nnc2ccccc21. The van der Waals surface area contributed by atoms with Crippen molar-refractivity contribution < 1.29 is 10.2 Å². The molecule has 0 bridgehead atoms. The van der Waals surface area contributed by atoms with Crippen molar-refractivity contribution >= 4 is 22.7 Å². The van der Waals surface area contributed by atoms with Crippen molar-refractivity contribution in [1.82, 2.24) is 15.0 Å². The van der Waals surface area contributed by atoms with Crippen LogP contribution in [0.15, 0.2) is 78.9 Å². The van der Waals surface area contributed by atoms with Gasteiger partial charge in [-0.25, -0.2) is 0 Å². The Bertz CT molecular complexity index is 1160. The van der Waals surface area contributed by atoms with Gasteiger partial charge in [0.05, 0.1) is 5.52 Å². The first kappa shape index (κ1) is 15.0. The summed E-state index contributed by atoms with van der Waals surface area (Å²) in [6, 6.07) is 23.7.